The molecule has 2 aromatic rings. The Hall–Kier alpha value is -2.41. The summed E-state index contributed by atoms with van der Waals surface area (Å²) < 4.78 is 27.7. The molecule has 0 fully saturated rings. The van der Waals surface area contributed by atoms with Gasteiger partial charge in [0.05, 0.1) is 18.2 Å². The van der Waals surface area contributed by atoms with E-state index in [4.69, 9.17) is 5.26 Å². The van der Waals surface area contributed by atoms with Gasteiger partial charge in [0.25, 0.3) is 5.92 Å². The molecule has 0 spiro atoms. The summed E-state index contributed by atoms with van der Waals surface area (Å²) in [7, 11) is 0. The molecule has 0 bridgehead atoms. The van der Waals surface area contributed by atoms with Gasteiger partial charge >= 0.3 is 0 Å². The van der Waals surface area contributed by atoms with Gasteiger partial charge in [0, 0.05) is 11.3 Å². The molecule has 0 aliphatic rings. The molecular formula is C15H12F2N2. The van der Waals surface area contributed by atoms with E-state index in [1.54, 1.807) is 42.5 Å². The molecule has 0 saturated heterocycles. The lowest BCUT2D eigenvalue weighted by Crippen LogP contribution is -2.24. The van der Waals surface area contributed by atoms with E-state index in [2.05, 4.69) is 5.32 Å². The smallest absolute Gasteiger partial charge is 0.290 e. The van der Waals surface area contributed by atoms with Gasteiger partial charge in [-0.1, -0.05) is 30.3 Å². The summed E-state index contributed by atoms with van der Waals surface area (Å²) in [5.74, 6) is -2.94. The number of halogens is 2. The van der Waals surface area contributed by atoms with Gasteiger partial charge in [0.15, 0.2) is 0 Å². The summed E-state index contributed by atoms with van der Waals surface area (Å²) in [6.07, 6.45) is 0. The Bertz CT molecular complexity index is 571. The normalized spacial score (nSPS) is 10.8. The number of nitrogens with one attached hydrogen (secondary N) is 1. The number of rotatable bonds is 4. The molecule has 0 aromatic heterocycles. The van der Waals surface area contributed by atoms with Crippen molar-refractivity contribution in [2.75, 3.05) is 11.9 Å². The third kappa shape index (κ3) is 3.29. The van der Waals surface area contributed by atoms with Crippen molar-refractivity contribution in [3.63, 3.8) is 0 Å². The monoisotopic (exact) mass is 258 g/mol. The second-order valence-corrected chi connectivity index (χ2v) is 4.11. The molecule has 0 saturated carbocycles. The molecule has 0 unspecified atom stereocenters. The first-order valence-electron chi connectivity index (χ1n) is 5.79. The number of hydrogen-bond donors (Lipinski definition) is 1. The third-order valence-corrected chi connectivity index (χ3v) is 2.72. The zero-order valence-electron chi connectivity index (χ0n) is 10.1. The van der Waals surface area contributed by atoms with Crippen LogP contribution in [0.15, 0.2) is 54.6 Å². The second-order valence-electron chi connectivity index (χ2n) is 4.11. The minimum Gasteiger partial charge on any atom is -0.379 e. The Morgan fingerprint density at radius 3 is 2.21 bits per heavy atom. The standard InChI is InChI=1S/C15H12F2N2/c16-15(17,13-4-2-1-3-5-13)11-19-14-8-6-12(10-18)7-9-14/h1-9,19H,11H2. The van der Waals surface area contributed by atoms with E-state index in [-0.39, 0.29) is 5.56 Å². The van der Waals surface area contributed by atoms with Crippen LogP contribution in [0.4, 0.5) is 14.5 Å². The highest BCUT2D eigenvalue weighted by molar-refractivity contribution is 5.47. The number of benzene rings is 2. The zero-order valence-corrected chi connectivity index (χ0v) is 10.1. The minimum atomic E-state index is -2.94. The molecule has 2 nitrogen and oxygen atoms in total. The summed E-state index contributed by atoms with van der Waals surface area (Å²) >= 11 is 0. The molecule has 0 aliphatic carbocycles. The van der Waals surface area contributed by atoms with E-state index >= 15 is 0 Å². The predicted octanol–water partition coefficient (Wildman–Crippen LogP) is 3.76. The van der Waals surface area contributed by atoms with Crippen molar-refractivity contribution in [1.82, 2.24) is 0 Å². The molecule has 19 heavy (non-hydrogen) atoms. The van der Waals surface area contributed by atoms with Crippen LogP contribution in [0, 0.1) is 11.3 Å². The summed E-state index contributed by atoms with van der Waals surface area (Å²) in [6, 6.07) is 16.1. The van der Waals surface area contributed by atoms with Gasteiger partial charge in [0.2, 0.25) is 0 Å². The average molecular weight is 258 g/mol. The molecule has 0 aliphatic heterocycles. The molecular weight excluding hydrogens is 246 g/mol. The van der Waals surface area contributed by atoms with Crippen LogP contribution in [0.2, 0.25) is 0 Å². The van der Waals surface area contributed by atoms with E-state index in [0.29, 0.717) is 11.3 Å². The van der Waals surface area contributed by atoms with Crippen molar-refractivity contribution < 1.29 is 8.78 Å². The van der Waals surface area contributed by atoms with Gasteiger partial charge in [0.1, 0.15) is 0 Å². The molecule has 0 atom stereocenters. The van der Waals surface area contributed by atoms with Crippen LogP contribution < -0.4 is 5.32 Å². The van der Waals surface area contributed by atoms with Crippen LogP contribution in [0.3, 0.4) is 0 Å². The van der Waals surface area contributed by atoms with E-state index in [1.807, 2.05) is 6.07 Å². The zero-order chi connectivity index (χ0) is 13.7. The van der Waals surface area contributed by atoms with Crippen molar-refractivity contribution in [3.05, 3.63) is 65.7 Å². The Kier molecular flexibility index (Phi) is 3.76. The van der Waals surface area contributed by atoms with Gasteiger partial charge in [-0.05, 0) is 24.3 Å². The van der Waals surface area contributed by atoms with Crippen molar-refractivity contribution >= 4 is 5.69 Å². The lowest BCUT2D eigenvalue weighted by molar-refractivity contribution is 0.0106. The fourth-order valence-corrected chi connectivity index (χ4v) is 1.66. The second kappa shape index (κ2) is 5.49. The molecule has 0 heterocycles. The number of nitrogens with zero attached hydrogens (tertiary/aromatic N) is 1. The summed E-state index contributed by atoms with van der Waals surface area (Å²) in [5.41, 5.74) is 1.05. The first-order valence-corrected chi connectivity index (χ1v) is 5.79. The number of hydrogen-bond acceptors (Lipinski definition) is 2. The third-order valence-electron chi connectivity index (χ3n) is 2.72. The van der Waals surface area contributed by atoms with Crippen LogP contribution in [-0.2, 0) is 5.92 Å². The van der Waals surface area contributed by atoms with Crippen LogP contribution in [0.5, 0.6) is 0 Å². The fraction of sp³-hybridized carbons (Fsp3) is 0.133. The molecule has 2 aromatic carbocycles. The van der Waals surface area contributed by atoms with Gasteiger partial charge in [-0.3, -0.25) is 0 Å². The van der Waals surface area contributed by atoms with Gasteiger partial charge in [-0.15, -0.1) is 0 Å². The minimum absolute atomic E-state index is 0.0175. The van der Waals surface area contributed by atoms with Crippen LogP contribution >= 0.6 is 0 Å². The maximum absolute atomic E-state index is 13.9. The first-order chi connectivity index (χ1) is 9.12. The van der Waals surface area contributed by atoms with Crippen LogP contribution in [-0.4, -0.2) is 6.54 Å². The summed E-state index contributed by atoms with van der Waals surface area (Å²) in [5, 5.41) is 11.3. The van der Waals surface area contributed by atoms with E-state index in [1.165, 1.54) is 12.1 Å². The Balaban J connectivity index is 2.03. The quantitative estimate of drug-likeness (QED) is 0.906. The number of anilines is 1. The molecule has 2 rings (SSSR count). The van der Waals surface area contributed by atoms with Crippen molar-refractivity contribution in [2.45, 2.75) is 5.92 Å². The molecule has 4 heteroatoms. The van der Waals surface area contributed by atoms with Gasteiger partial charge in [-0.2, -0.15) is 14.0 Å². The van der Waals surface area contributed by atoms with Gasteiger partial charge < -0.3 is 5.32 Å². The maximum atomic E-state index is 13.9. The highest BCUT2D eigenvalue weighted by atomic mass is 19.3. The lowest BCUT2D eigenvalue weighted by Gasteiger charge is -2.18. The van der Waals surface area contributed by atoms with Crippen LogP contribution in [0.1, 0.15) is 11.1 Å². The van der Waals surface area contributed by atoms with Crippen molar-refractivity contribution in [3.8, 4) is 6.07 Å². The maximum Gasteiger partial charge on any atom is 0.290 e. The average Bonchev–Trinajstić information content (AvgIpc) is 2.47. The van der Waals surface area contributed by atoms with E-state index in [9.17, 15) is 8.78 Å². The fourth-order valence-electron chi connectivity index (χ4n) is 1.66. The molecule has 1 N–H and O–H groups in total. The Morgan fingerprint density at radius 1 is 1.00 bits per heavy atom. The highest BCUT2D eigenvalue weighted by Crippen LogP contribution is 2.28. The van der Waals surface area contributed by atoms with E-state index in [0.717, 1.165) is 0 Å². The summed E-state index contributed by atoms with van der Waals surface area (Å²) in [6.45, 7) is -0.483. The largest absolute Gasteiger partial charge is 0.379 e. The number of nitriles is 1. The van der Waals surface area contributed by atoms with Gasteiger partial charge in [-0.25, -0.2) is 0 Å². The SMILES string of the molecule is N#Cc1ccc(NCC(F)(F)c2ccccc2)cc1. The van der Waals surface area contributed by atoms with Crippen molar-refractivity contribution in [2.24, 2.45) is 0 Å². The molecule has 0 radical (unpaired) electrons. The lowest BCUT2D eigenvalue weighted by atomic mass is 10.1. The van der Waals surface area contributed by atoms with Crippen LogP contribution in [0.25, 0.3) is 0 Å². The topological polar surface area (TPSA) is 35.8 Å². The molecule has 0 amide bonds. The molecule has 96 valence electrons. The predicted molar refractivity (Wildman–Crippen MR) is 70.0 cm³/mol. The van der Waals surface area contributed by atoms with Crippen molar-refractivity contribution in [1.29, 1.82) is 5.26 Å². The first kappa shape index (κ1) is 13.0. The van der Waals surface area contributed by atoms with E-state index < -0.39 is 12.5 Å². The number of alkyl halides is 2. The highest BCUT2D eigenvalue weighted by Gasteiger charge is 2.30. The Labute approximate surface area is 110 Å². The summed E-state index contributed by atoms with van der Waals surface area (Å²) in [4.78, 5) is 0. The Morgan fingerprint density at radius 2 is 1.63 bits per heavy atom.